The predicted octanol–water partition coefficient (Wildman–Crippen LogP) is 1.25. The van der Waals surface area contributed by atoms with Crippen molar-refractivity contribution in [2.75, 3.05) is 0 Å². The van der Waals surface area contributed by atoms with E-state index in [2.05, 4.69) is 9.97 Å². The zero-order valence-electron chi connectivity index (χ0n) is 10.9. The van der Waals surface area contributed by atoms with E-state index in [9.17, 15) is 24.8 Å². The number of carboxylic acid groups (broad SMARTS) is 1. The van der Waals surface area contributed by atoms with E-state index in [1.807, 2.05) is 0 Å². The summed E-state index contributed by atoms with van der Waals surface area (Å²) in [7, 11) is 0. The maximum Gasteiger partial charge on any atom is 0.395 e. The molecule has 0 aliphatic heterocycles. The minimum absolute atomic E-state index is 0.0737. The van der Waals surface area contributed by atoms with Crippen molar-refractivity contribution in [1.29, 1.82) is 0 Å². The minimum atomic E-state index is -1.07. The van der Waals surface area contributed by atoms with Crippen LogP contribution in [0.3, 0.4) is 0 Å². The fourth-order valence-corrected chi connectivity index (χ4v) is 1.63. The van der Waals surface area contributed by atoms with E-state index in [0.29, 0.717) is 5.56 Å². The van der Waals surface area contributed by atoms with E-state index < -0.39 is 28.0 Å². The summed E-state index contributed by atoms with van der Waals surface area (Å²) in [4.78, 5) is 37.3. The monoisotopic (exact) mass is 303 g/mol. The number of nitrogens with zero attached hydrogens (tertiary/aromatic N) is 2. The Kier molecular flexibility index (Phi) is 3.98. The van der Waals surface area contributed by atoms with Gasteiger partial charge in [-0.2, -0.15) is 4.98 Å². The maximum absolute atomic E-state index is 11.4. The summed E-state index contributed by atoms with van der Waals surface area (Å²) >= 11 is 0. The fraction of sp³-hybridized carbons (Fsp3) is 0. The molecule has 3 N–H and O–H groups in total. The Morgan fingerprint density at radius 1 is 1.27 bits per heavy atom. The highest BCUT2D eigenvalue weighted by Crippen LogP contribution is 2.17. The predicted molar refractivity (Wildman–Crippen MR) is 75.5 cm³/mol. The standard InChI is InChI=1S/C13H9N3O6/c17-11-10(16(21)22)12(18)15-9(14-11)6-3-7-1-4-8(5-2-7)13(19)20/h1-6H,(H,19,20)(H2,14,15,17,18)/b6-3+. The number of hydrogen-bond acceptors (Lipinski definition) is 6. The number of hydrogen-bond donors (Lipinski definition) is 3. The number of carboxylic acids is 1. The van der Waals surface area contributed by atoms with Crippen LogP contribution in [0.5, 0.6) is 5.88 Å². The SMILES string of the molecule is O=C(O)c1ccc(/C=C/c2nc(O)c([N+](=O)[O-])c(=O)[nH]2)cc1. The molecule has 9 heteroatoms. The van der Waals surface area contributed by atoms with Crippen molar-refractivity contribution in [2.24, 2.45) is 0 Å². The number of benzene rings is 1. The van der Waals surface area contributed by atoms with Gasteiger partial charge in [-0.25, -0.2) is 4.79 Å². The van der Waals surface area contributed by atoms with Gasteiger partial charge < -0.3 is 15.2 Å². The van der Waals surface area contributed by atoms with Gasteiger partial charge in [0.1, 0.15) is 5.82 Å². The number of H-pyrrole nitrogens is 1. The van der Waals surface area contributed by atoms with Gasteiger partial charge in [-0.05, 0) is 23.8 Å². The lowest BCUT2D eigenvalue weighted by molar-refractivity contribution is -0.387. The van der Waals surface area contributed by atoms with E-state index in [0.717, 1.165) is 0 Å². The third kappa shape index (κ3) is 3.15. The molecule has 2 rings (SSSR count). The van der Waals surface area contributed by atoms with Crippen LogP contribution in [-0.4, -0.2) is 31.1 Å². The lowest BCUT2D eigenvalue weighted by atomic mass is 10.1. The van der Waals surface area contributed by atoms with Crippen LogP contribution in [0, 0.1) is 10.1 Å². The summed E-state index contributed by atoms with van der Waals surface area (Å²) in [6.45, 7) is 0. The third-order valence-corrected chi connectivity index (χ3v) is 2.67. The molecule has 0 spiro atoms. The summed E-state index contributed by atoms with van der Waals surface area (Å²) in [6, 6.07) is 5.85. The number of nitrogens with one attached hydrogen (secondary N) is 1. The normalized spacial score (nSPS) is 10.7. The summed E-state index contributed by atoms with van der Waals surface area (Å²) in [5, 5.41) is 28.7. The maximum atomic E-state index is 11.4. The molecule has 0 atom stereocenters. The van der Waals surface area contributed by atoms with Gasteiger partial charge in [0.2, 0.25) is 0 Å². The van der Waals surface area contributed by atoms with E-state index in [1.54, 1.807) is 0 Å². The number of carbonyl (C=O) groups is 1. The first-order valence-corrected chi connectivity index (χ1v) is 5.87. The van der Waals surface area contributed by atoms with Gasteiger partial charge >= 0.3 is 17.2 Å². The van der Waals surface area contributed by atoms with E-state index in [-0.39, 0.29) is 11.4 Å². The Morgan fingerprint density at radius 2 is 1.91 bits per heavy atom. The largest absolute Gasteiger partial charge is 0.488 e. The van der Waals surface area contributed by atoms with Crippen LogP contribution in [-0.2, 0) is 0 Å². The molecule has 0 fully saturated rings. The molecular formula is C13H9N3O6. The van der Waals surface area contributed by atoms with Gasteiger partial charge in [0.05, 0.1) is 10.5 Å². The Bertz CT molecular complexity index is 823. The molecule has 1 aromatic carbocycles. The first kappa shape index (κ1) is 14.9. The summed E-state index contributed by atoms with van der Waals surface area (Å²) < 4.78 is 0. The minimum Gasteiger partial charge on any atom is -0.488 e. The second kappa shape index (κ2) is 5.87. The van der Waals surface area contributed by atoms with Crippen LogP contribution < -0.4 is 5.56 Å². The molecule has 0 unspecified atom stereocenters. The highest BCUT2D eigenvalue weighted by Gasteiger charge is 2.21. The lowest BCUT2D eigenvalue weighted by Crippen LogP contribution is -2.14. The smallest absolute Gasteiger partial charge is 0.395 e. The summed E-state index contributed by atoms with van der Waals surface area (Å²) in [6.07, 6.45) is 2.82. The first-order chi connectivity index (χ1) is 10.4. The Morgan fingerprint density at radius 3 is 2.41 bits per heavy atom. The van der Waals surface area contributed by atoms with Crippen molar-refractivity contribution in [3.8, 4) is 5.88 Å². The molecule has 0 amide bonds. The second-order valence-corrected chi connectivity index (χ2v) is 4.14. The number of aromatic hydroxyl groups is 1. The average molecular weight is 303 g/mol. The molecular weight excluding hydrogens is 294 g/mol. The highest BCUT2D eigenvalue weighted by molar-refractivity contribution is 5.88. The van der Waals surface area contributed by atoms with Gasteiger partial charge in [0, 0.05) is 0 Å². The number of aromatic amines is 1. The molecule has 0 bridgehead atoms. The van der Waals surface area contributed by atoms with E-state index >= 15 is 0 Å². The molecule has 0 saturated heterocycles. The van der Waals surface area contributed by atoms with Crippen LogP contribution >= 0.6 is 0 Å². The quantitative estimate of drug-likeness (QED) is 0.568. The van der Waals surface area contributed by atoms with Gasteiger partial charge in [0.25, 0.3) is 5.88 Å². The van der Waals surface area contributed by atoms with Crippen LogP contribution in [0.25, 0.3) is 12.2 Å². The fourth-order valence-electron chi connectivity index (χ4n) is 1.63. The second-order valence-electron chi connectivity index (χ2n) is 4.14. The zero-order valence-corrected chi connectivity index (χ0v) is 10.9. The molecule has 0 saturated carbocycles. The van der Waals surface area contributed by atoms with Gasteiger partial charge in [-0.1, -0.05) is 18.2 Å². The van der Waals surface area contributed by atoms with E-state index in [4.69, 9.17) is 5.11 Å². The number of rotatable bonds is 4. The zero-order chi connectivity index (χ0) is 16.3. The highest BCUT2D eigenvalue weighted by atomic mass is 16.6. The topological polar surface area (TPSA) is 146 Å². The molecule has 0 aliphatic carbocycles. The van der Waals surface area contributed by atoms with Gasteiger partial charge in [0.15, 0.2) is 0 Å². The van der Waals surface area contributed by atoms with Crippen LogP contribution in [0.1, 0.15) is 21.7 Å². The molecule has 1 heterocycles. The number of aromatic nitrogens is 2. The molecule has 112 valence electrons. The molecule has 9 nitrogen and oxygen atoms in total. The Labute approximate surface area is 122 Å². The number of nitro groups is 1. The molecule has 0 radical (unpaired) electrons. The number of aromatic carboxylic acids is 1. The molecule has 1 aromatic heterocycles. The van der Waals surface area contributed by atoms with E-state index in [1.165, 1.54) is 36.4 Å². The molecule has 22 heavy (non-hydrogen) atoms. The first-order valence-electron chi connectivity index (χ1n) is 5.87. The van der Waals surface area contributed by atoms with Crippen molar-refractivity contribution >= 4 is 23.8 Å². The average Bonchev–Trinajstić information content (AvgIpc) is 2.44. The van der Waals surface area contributed by atoms with Crippen LogP contribution in [0.4, 0.5) is 5.69 Å². The Hall–Kier alpha value is -3.49. The van der Waals surface area contributed by atoms with Crippen molar-refractivity contribution in [2.45, 2.75) is 0 Å². The van der Waals surface area contributed by atoms with Crippen molar-refractivity contribution < 1.29 is 19.9 Å². The Balaban J connectivity index is 2.29. The van der Waals surface area contributed by atoms with Crippen molar-refractivity contribution in [3.05, 3.63) is 61.7 Å². The van der Waals surface area contributed by atoms with Gasteiger partial charge in [-0.3, -0.25) is 14.9 Å². The van der Waals surface area contributed by atoms with Crippen LogP contribution in [0.2, 0.25) is 0 Å². The lowest BCUT2D eigenvalue weighted by Gasteiger charge is -1.98. The molecule has 0 aliphatic rings. The van der Waals surface area contributed by atoms with Crippen LogP contribution in [0.15, 0.2) is 29.1 Å². The third-order valence-electron chi connectivity index (χ3n) is 2.67. The summed E-state index contributed by atoms with van der Waals surface area (Å²) in [5.41, 5.74) is -1.36. The summed E-state index contributed by atoms with van der Waals surface area (Å²) in [5.74, 6) is -2.10. The van der Waals surface area contributed by atoms with Crippen molar-refractivity contribution in [3.63, 3.8) is 0 Å². The molecule has 2 aromatic rings. The van der Waals surface area contributed by atoms with Gasteiger partial charge in [-0.15, -0.1) is 0 Å². The van der Waals surface area contributed by atoms with Crippen molar-refractivity contribution in [1.82, 2.24) is 9.97 Å².